The smallest absolute Gasteiger partial charge is 0.000981 e. The molecule has 0 aliphatic heterocycles. The molecule has 0 rings (SSSR count). The van der Waals surface area contributed by atoms with E-state index in [2.05, 4.69) is 24.2 Å². The number of halogens is 2. The van der Waals surface area contributed by atoms with E-state index in [1.54, 1.807) is 0 Å². The summed E-state index contributed by atoms with van der Waals surface area (Å²) in [6.45, 7) is 5.67. The molecule has 1 N–H and O–H groups in total. The molecular weight excluding hydrogens is 183 g/mol. The second-order valence-corrected chi connectivity index (χ2v) is 2.35. The Morgan fingerprint density at radius 1 is 1.27 bits per heavy atom. The number of hydrogen-bond donors (Lipinski definition) is 1. The number of nitrogens with zero attached hydrogens (tertiary/aromatic N) is 1. The minimum absolute atomic E-state index is 0. The average Bonchev–Trinajstić information content (AvgIpc) is 1.89. The van der Waals surface area contributed by atoms with E-state index in [1.165, 1.54) is 13.0 Å². The van der Waals surface area contributed by atoms with Crippen molar-refractivity contribution in [3.05, 3.63) is 0 Å². The standard InChI is InChI=1S/C7H18N2.2ClH/c1-4-9(3)7-5-6-8-2;;/h8H,4-7H2,1-3H3;2*1H. The molecule has 0 fully saturated rings. The molecule has 0 amide bonds. The van der Waals surface area contributed by atoms with Crippen LogP contribution in [0.15, 0.2) is 0 Å². The molecule has 4 heteroatoms. The summed E-state index contributed by atoms with van der Waals surface area (Å²) < 4.78 is 0. The lowest BCUT2D eigenvalue weighted by Crippen LogP contribution is -2.22. The van der Waals surface area contributed by atoms with E-state index in [9.17, 15) is 0 Å². The Hall–Kier alpha value is 0.500. The Morgan fingerprint density at radius 3 is 2.18 bits per heavy atom. The monoisotopic (exact) mass is 202 g/mol. The first-order valence-electron chi connectivity index (χ1n) is 3.64. The molecule has 0 saturated heterocycles. The largest absolute Gasteiger partial charge is 0.320 e. The molecule has 0 saturated carbocycles. The molecule has 0 unspecified atom stereocenters. The van der Waals surface area contributed by atoms with Crippen molar-refractivity contribution in [3.8, 4) is 0 Å². The van der Waals surface area contributed by atoms with E-state index in [1.807, 2.05) is 7.05 Å². The van der Waals surface area contributed by atoms with E-state index in [-0.39, 0.29) is 24.8 Å². The normalized spacial score (nSPS) is 8.73. The maximum atomic E-state index is 3.12. The van der Waals surface area contributed by atoms with Crippen LogP contribution in [-0.2, 0) is 0 Å². The Balaban J connectivity index is -0.000000320. The summed E-state index contributed by atoms with van der Waals surface area (Å²) in [6.07, 6.45) is 1.25. The van der Waals surface area contributed by atoms with Crippen LogP contribution < -0.4 is 5.32 Å². The highest BCUT2D eigenvalue weighted by atomic mass is 35.5. The Kier molecular flexibility index (Phi) is 20.9. The zero-order valence-electron chi connectivity index (χ0n) is 7.59. The molecule has 0 heterocycles. The third-order valence-corrected chi connectivity index (χ3v) is 1.51. The Labute approximate surface area is 82.5 Å². The third kappa shape index (κ3) is 13.5. The fraction of sp³-hybridized carbons (Fsp3) is 1.00. The second-order valence-electron chi connectivity index (χ2n) is 2.35. The number of hydrogen-bond acceptors (Lipinski definition) is 2. The van der Waals surface area contributed by atoms with E-state index in [0.717, 1.165) is 13.1 Å². The summed E-state index contributed by atoms with van der Waals surface area (Å²) in [5.41, 5.74) is 0. The van der Waals surface area contributed by atoms with Crippen LogP contribution in [0.1, 0.15) is 13.3 Å². The quantitative estimate of drug-likeness (QED) is 0.679. The van der Waals surface area contributed by atoms with Crippen molar-refractivity contribution >= 4 is 24.8 Å². The van der Waals surface area contributed by atoms with Crippen LogP contribution in [0.3, 0.4) is 0 Å². The van der Waals surface area contributed by atoms with Gasteiger partial charge in [0.15, 0.2) is 0 Å². The lowest BCUT2D eigenvalue weighted by molar-refractivity contribution is 0.346. The van der Waals surface area contributed by atoms with Gasteiger partial charge in [-0.25, -0.2) is 0 Å². The molecule has 0 spiro atoms. The predicted molar refractivity (Wildman–Crippen MR) is 56.2 cm³/mol. The van der Waals surface area contributed by atoms with Crippen LogP contribution in [0, 0.1) is 0 Å². The van der Waals surface area contributed by atoms with Crippen LogP contribution in [0.5, 0.6) is 0 Å². The maximum absolute atomic E-state index is 3.12. The van der Waals surface area contributed by atoms with Gasteiger partial charge in [0.05, 0.1) is 0 Å². The summed E-state index contributed by atoms with van der Waals surface area (Å²) in [7, 11) is 4.14. The zero-order chi connectivity index (χ0) is 7.11. The topological polar surface area (TPSA) is 15.3 Å². The fourth-order valence-corrected chi connectivity index (χ4v) is 0.684. The lowest BCUT2D eigenvalue weighted by atomic mass is 10.4. The van der Waals surface area contributed by atoms with Gasteiger partial charge in [0.1, 0.15) is 0 Å². The van der Waals surface area contributed by atoms with Gasteiger partial charge in [0.25, 0.3) is 0 Å². The van der Waals surface area contributed by atoms with Gasteiger partial charge >= 0.3 is 0 Å². The Morgan fingerprint density at radius 2 is 1.82 bits per heavy atom. The summed E-state index contributed by atoms with van der Waals surface area (Å²) in [5.74, 6) is 0. The van der Waals surface area contributed by atoms with E-state index in [4.69, 9.17) is 0 Å². The van der Waals surface area contributed by atoms with Gasteiger partial charge in [-0.2, -0.15) is 0 Å². The van der Waals surface area contributed by atoms with Crippen LogP contribution in [-0.4, -0.2) is 38.6 Å². The minimum Gasteiger partial charge on any atom is -0.320 e. The molecule has 0 aromatic carbocycles. The molecule has 0 bridgehead atoms. The molecular formula is C7H20Cl2N2. The summed E-state index contributed by atoms with van der Waals surface area (Å²) >= 11 is 0. The van der Waals surface area contributed by atoms with Gasteiger partial charge in [-0.3, -0.25) is 0 Å². The van der Waals surface area contributed by atoms with Gasteiger partial charge in [-0.05, 0) is 40.2 Å². The molecule has 0 aromatic heterocycles. The molecule has 72 valence electrons. The van der Waals surface area contributed by atoms with Crippen molar-refractivity contribution < 1.29 is 0 Å². The van der Waals surface area contributed by atoms with Crippen molar-refractivity contribution in [1.29, 1.82) is 0 Å². The average molecular weight is 203 g/mol. The SMILES string of the molecule is CCN(C)CCCNC.Cl.Cl. The highest BCUT2D eigenvalue weighted by Gasteiger charge is 1.90. The van der Waals surface area contributed by atoms with Crippen LogP contribution >= 0.6 is 24.8 Å². The highest BCUT2D eigenvalue weighted by molar-refractivity contribution is 5.85. The first-order valence-corrected chi connectivity index (χ1v) is 3.64. The highest BCUT2D eigenvalue weighted by Crippen LogP contribution is 1.83. The first kappa shape index (κ1) is 17.5. The van der Waals surface area contributed by atoms with E-state index >= 15 is 0 Å². The lowest BCUT2D eigenvalue weighted by Gasteiger charge is -2.12. The summed E-state index contributed by atoms with van der Waals surface area (Å²) in [6, 6.07) is 0. The van der Waals surface area contributed by atoms with E-state index in [0.29, 0.717) is 0 Å². The maximum Gasteiger partial charge on any atom is -0.000981 e. The van der Waals surface area contributed by atoms with Gasteiger partial charge in [-0.15, -0.1) is 24.8 Å². The number of rotatable bonds is 5. The summed E-state index contributed by atoms with van der Waals surface area (Å²) in [5, 5.41) is 3.12. The van der Waals surface area contributed by atoms with Crippen LogP contribution in [0.2, 0.25) is 0 Å². The van der Waals surface area contributed by atoms with Gasteiger partial charge in [0.2, 0.25) is 0 Å². The molecule has 0 aliphatic rings. The minimum atomic E-state index is 0. The van der Waals surface area contributed by atoms with Crippen molar-refractivity contribution in [2.75, 3.05) is 33.7 Å². The van der Waals surface area contributed by atoms with Gasteiger partial charge in [0, 0.05) is 0 Å². The molecule has 0 aromatic rings. The Bertz CT molecular complexity index is 62.4. The van der Waals surface area contributed by atoms with Crippen LogP contribution in [0.4, 0.5) is 0 Å². The zero-order valence-corrected chi connectivity index (χ0v) is 9.23. The first-order chi connectivity index (χ1) is 4.31. The van der Waals surface area contributed by atoms with Crippen molar-refractivity contribution in [1.82, 2.24) is 10.2 Å². The fourth-order valence-electron chi connectivity index (χ4n) is 0.684. The second kappa shape index (κ2) is 13.1. The molecule has 0 aliphatic carbocycles. The molecule has 0 atom stereocenters. The van der Waals surface area contributed by atoms with Gasteiger partial charge < -0.3 is 10.2 Å². The van der Waals surface area contributed by atoms with Crippen molar-refractivity contribution in [3.63, 3.8) is 0 Å². The molecule has 11 heavy (non-hydrogen) atoms. The van der Waals surface area contributed by atoms with Crippen LogP contribution in [0.25, 0.3) is 0 Å². The number of nitrogens with one attached hydrogen (secondary N) is 1. The van der Waals surface area contributed by atoms with E-state index < -0.39 is 0 Å². The summed E-state index contributed by atoms with van der Waals surface area (Å²) in [4.78, 5) is 2.32. The van der Waals surface area contributed by atoms with Crippen molar-refractivity contribution in [2.45, 2.75) is 13.3 Å². The molecule has 0 radical (unpaired) electrons. The predicted octanol–water partition coefficient (Wildman–Crippen LogP) is 1.39. The third-order valence-electron chi connectivity index (χ3n) is 1.51. The molecule has 2 nitrogen and oxygen atoms in total. The van der Waals surface area contributed by atoms with Crippen molar-refractivity contribution in [2.24, 2.45) is 0 Å². The van der Waals surface area contributed by atoms with Gasteiger partial charge in [-0.1, -0.05) is 6.92 Å².